The lowest BCUT2D eigenvalue weighted by Gasteiger charge is -2.18. The molecule has 0 aliphatic carbocycles. The third-order valence-corrected chi connectivity index (χ3v) is 14.0. The van der Waals surface area contributed by atoms with Crippen LogP contribution in [0.1, 0.15) is 310 Å². The highest BCUT2D eigenvalue weighted by Gasteiger charge is 2.19. The minimum Gasteiger partial charge on any atom is -0.462 e. The highest BCUT2D eigenvalue weighted by Crippen LogP contribution is 2.16. The van der Waals surface area contributed by atoms with E-state index in [4.69, 9.17) is 14.2 Å². The fourth-order valence-corrected chi connectivity index (χ4v) is 9.14. The number of unbranched alkanes of at least 4 members (excludes halogenated alkanes) is 30. The third kappa shape index (κ3) is 62.9. The molecule has 446 valence electrons. The summed E-state index contributed by atoms with van der Waals surface area (Å²) in [7, 11) is 0. The molecule has 0 saturated carbocycles. The van der Waals surface area contributed by atoms with Gasteiger partial charge in [0.1, 0.15) is 13.2 Å². The molecule has 1 unspecified atom stereocenters. The van der Waals surface area contributed by atoms with Crippen LogP contribution >= 0.6 is 0 Å². The first-order valence-corrected chi connectivity index (χ1v) is 32.9. The van der Waals surface area contributed by atoms with E-state index < -0.39 is 6.10 Å². The summed E-state index contributed by atoms with van der Waals surface area (Å²) in [6.07, 6.45) is 89.6. The molecule has 0 aromatic heterocycles. The van der Waals surface area contributed by atoms with Gasteiger partial charge in [-0.2, -0.15) is 0 Å². The van der Waals surface area contributed by atoms with Crippen LogP contribution in [0, 0.1) is 0 Å². The zero-order chi connectivity index (χ0) is 56.4. The number of ether oxygens (including phenoxy) is 3. The van der Waals surface area contributed by atoms with Crippen molar-refractivity contribution in [2.45, 2.75) is 316 Å². The minimum atomic E-state index is -0.779. The number of esters is 3. The number of carbonyl (C=O) groups is 3. The van der Waals surface area contributed by atoms with Crippen molar-refractivity contribution in [2.24, 2.45) is 0 Å². The second kappa shape index (κ2) is 65.6. The van der Waals surface area contributed by atoms with Crippen molar-refractivity contribution in [3.8, 4) is 0 Å². The maximum Gasteiger partial charge on any atom is 0.306 e. The summed E-state index contributed by atoms with van der Waals surface area (Å²) >= 11 is 0. The number of hydrogen-bond acceptors (Lipinski definition) is 6. The lowest BCUT2D eigenvalue weighted by atomic mass is 10.0. The van der Waals surface area contributed by atoms with Gasteiger partial charge in [0.25, 0.3) is 0 Å². The zero-order valence-electron chi connectivity index (χ0n) is 51.2. The first-order valence-electron chi connectivity index (χ1n) is 32.9. The molecule has 0 rings (SSSR count). The summed E-state index contributed by atoms with van der Waals surface area (Å²) in [6.45, 7) is 6.53. The lowest BCUT2D eigenvalue weighted by molar-refractivity contribution is -0.167. The predicted octanol–water partition coefficient (Wildman–Crippen LogP) is 22.6. The van der Waals surface area contributed by atoms with Crippen molar-refractivity contribution in [1.82, 2.24) is 0 Å². The van der Waals surface area contributed by atoms with Gasteiger partial charge in [0.2, 0.25) is 0 Å². The summed E-state index contributed by atoms with van der Waals surface area (Å²) in [5.41, 5.74) is 0. The molecular weight excluding hydrogens is 961 g/mol. The van der Waals surface area contributed by atoms with Gasteiger partial charge in [0.05, 0.1) is 0 Å². The highest BCUT2D eigenvalue weighted by atomic mass is 16.6. The first kappa shape index (κ1) is 74.1. The average Bonchev–Trinajstić information content (AvgIpc) is 3.44. The first-order chi connectivity index (χ1) is 38.5. The average molecular weight is 1080 g/mol. The fourth-order valence-electron chi connectivity index (χ4n) is 9.14. The Bertz CT molecular complexity index is 1570. The molecule has 0 saturated heterocycles. The summed E-state index contributed by atoms with van der Waals surface area (Å²) in [4.78, 5) is 38.2. The molecule has 78 heavy (non-hydrogen) atoms. The normalized spacial score (nSPS) is 12.8. The molecule has 6 heteroatoms. The Kier molecular flexibility index (Phi) is 62.3. The number of hydrogen-bond donors (Lipinski definition) is 0. The minimum absolute atomic E-state index is 0.0768. The number of rotatable bonds is 59. The van der Waals surface area contributed by atoms with Gasteiger partial charge in [0.15, 0.2) is 6.10 Å². The molecule has 0 aromatic rings. The molecular formula is C72H122O6. The van der Waals surface area contributed by atoms with Gasteiger partial charge in [0, 0.05) is 19.3 Å². The zero-order valence-corrected chi connectivity index (χ0v) is 51.2. The van der Waals surface area contributed by atoms with Gasteiger partial charge >= 0.3 is 17.9 Å². The van der Waals surface area contributed by atoms with Gasteiger partial charge in [-0.15, -0.1) is 0 Å². The smallest absolute Gasteiger partial charge is 0.306 e. The SMILES string of the molecule is CC/C=C\C/C=C\C/C=C\C/C=C\C/C=C\C/C=C\C/C=C\C/C=C\C/C=C\CCCCCCCCCC(=O)OCC(COC(=O)CCCCCCCCCCCCC)OC(=O)CCCCCCCCCCCCCCCC. The molecule has 1 atom stereocenters. The van der Waals surface area contributed by atoms with Crippen molar-refractivity contribution < 1.29 is 28.6 Å². The van der Waals surface area contributed by atoms with Gasteiger partial charge in [-0.25, -0.2) is 0 Å². The van der Waals surface area contributed by atoms with Crippen LogP contribution in [0.5, 0.6) is 0 Å². The van der Waals surface area contributed by atoms with Crippen LogP contribution in [0.2, 0.25) is 0 Å². The molecule has 0 spiro atoms. The van der Waals surface area contributed by atoms with Crippen LogP contribution < -0.4 is 0 Å². The van der Waals surface area contributed by atoms with E-state index in [1.54, 1.807) is 0 Å². The Hall–Kier alpha value is -3.93. The van der Waals surface area contributed by atoms with Crippen molar-refractivity contribution in [2.75, 3.05) is 13.2 Å². The molecule has 6 nitrogen and oxygen atoms in total. The van der Waals surface area contributed by atoms with Crippen molar-refractivity contribution in [3.05, 3.63) is 109 Å². The van der Waals surface area contributed by atoms with Crippen LogP contribution in [0.15, 0.2) is 109 Å². The van der Waals surface area contributed by atoms with E-state index in [1.165, 1.54) is 148 Å². The molecule has 0 N–H and O–H groups in total. The van der Waals surface area contributed by atoms with E-state index in [0.29, 0.717) is 19.3 Å². The van der Waals surface area contributed by atoms with Crippen molar-refractivity contribution >= 4 is 17.9 Å². The lowest BCUT2D eigenvalue weighted by Crippen LogP contribution is -2.30. The van der Waals surface area contributed by atoms with Gasteiger partial charge < -0.3 is 14.2 Å². The van der Waals surface area contributed by atoms with Crippen molar-refractivity contribution in [1.29, 1.82) is 0 Å². The fraction of sp³-hybridized carbons (Fsp3) is 0.708. The molecule has 0 aliphatic heterocycles. The number of carbonyl (C=O) groups excluding carboxylic acids is 3. The summed E-state index contributed by atoms with van der Waals surface area (Å²) in [5, 5.41) is 0. The standard InChI is InChI=1S/C72H122O6/c1-4-7-10-13-16-19-22-24-26-27-28-29-30-31-32-33-34-35-36-37-38-39-40-41-42-43-44-45-46-48-50-53-56-59-62-65-71(74)77-68-69(67-76-70(73)64-61-58-55-52-49-21-18-15-12-9-6-3)78-72(75)66-63-60-57-54-51-47-25-23-20-17-14-11-8-5-2/h7,10,16,19,24,26,28-29,31-32,34-35,37-38,40-41,43-44,69H,4-6,8-9,11-15,17-18,20-23,25,27,30,33,36,39,42,45-68H2,1-3H3/b10-7-,19-16-,26-24-,29-28-,32-31-,35-34-,38-37-,41-40-,44-43-. The Balaban J connectivity index is 4.20. The van der Waals surface area contributed by atoms with Crippen molar-refractivity contribution in [3.63, 3.8) is 0 Å². The van der Waals surface area contributed by atoms with Crippen LogP contribution in [-0.4, -0.2) is 37.2 Å². The Labute approximate surface area is 482 Å². The quantitative estimate of drug-likeness (QED) is 0.0261. The van der Waals surface area contributed by atoms with E-state index >= 15 is 0 Å². The largest absolute Gasteiger partial charge is 0.462 e. The Morgan fingerprint density at radius 2 is 0.500 bits per heavy atom. The molecule has 0 aliphatic rings. The van der Waals surface area contributed by atoms with E-state index in [9.17, 15) is 14.4 Å². The van der Waals surface area contributed by atoms with E-state index in [1.807, 2.05) is 0 Å². The Morgan fingerprint density at radius 1 is 0.269 bits per heavy atom. The second-order valence-electron chi connectivity index (χ2n) is 21.7. The van der Waals surface area contributed by atoms with Crippen LogP contribution in [0.3, 0.4) is 0 Å². The van der Waals surface area contributed by atoms with Gasteiger partial charge in [-0.05, 0) is 89.9 Å². The predicted molar refractivity (Wildman–Crippen MR) is 339 cm³/mol. The molecule has 0 amide bonds. The summed E-state index contributed by atoms with van der Waals surface area (Å²) in [6, 6.07) is 0. The van der Waals surface area contributed by atoms with Crippen LogP contribution in [0.25, 0.3) is 0 Å². The molecule has 0 fully saturated rings. The monoisotopic (exact) mass is 1080 g/mol. The Morgan fingerprint density at radius 3 is 0.782 bits per heavy atom. The molecule has 0 aromatic carbocycles. The summed E-state index contributed by atoms with van der Waals surface area (Å²) < 4.78 is 16.9. The van der Waals surface area contributed by atoms with Gasteiger partial charge in [-0.1, -0.05) is 310 Å². The molecule has 0 radical (unpaired) electrons. The van der Waals surface area contributed by atoms with Gasteiger partial charge in [-0.3, -0.25) is 14.4 Å². The number of allylic oxidation sites excluding steroid dienone is 18. The topological polar surface area (TPSA) is 78.9 Å². The molecule has 0 bridgehead atoms. The maximum absolute atomic E-state index is 12.9. The van der Waals surface area contributed by atoms with Crippen LogP contribution in [0.4, 0.5) is 0 Å². The third-order valence-electron chi connectivity index (χ3n) is 14.0. The van der Waals surface area contributed by atoms with E-state index in [-0.39, 0.29) is 31.1 Å². The maximum atomic E-state index is 12.9. The highest BCUT2D eigenvalue weighted by molar-refractivity contribution is 5.71. The summed E-state index contributed by atoms with van der Waals surface area (Å²) in [5.74, 6) is -0.879. The van der Waals surface area contributed by atoms with Crippen LogP contribution in [-0.2, 0) is 28.6 Å². The van der Waals surface area contributed by atoms with E-state index in [0.717, 1.165) is 122 Å². The van der Waals surface area contributed by atoms with E-state index in [2.05, 4.69) is 130 Å². The molecule has 0 heterocycles. The second-order valence-corrected chi connectivity index (χ2v) is 21.7.